The van der Waals surface area contributed by atoms with Crippen LogP contribution in [0.25, 0.3) is 10.2 Å². The van der Waals surface area contributed by atoms with Crippen LogP contribution in [0, 0.1) is 0 Å². The van der Waals surface area contributed by atoms with Crippen LogP contribution in [0.5, 0.6) is 0 Å². The van der Waals surface area contributed by atoms with Crippen molar-refractivity contribution in [1.29, 1.82) is 0 Å². The summed E-state index contributed by atoms with van der Waals surface area (Å²) in [6, 6.07) is 3.81. The zero-order valence-electron chi connectivity index (χ0n) is 10.4. The average Bonchev–Trinajstić information content (AvgIpc) is 3.05. The summed E-state index contributed by atoms with van der Waals surface area (Å²) in [5.74, 6) is 0. The number of hydrogen-bond donors (Lipinski definition) is 0. The van der Waals surface area contributed by atoms with Gasteiger partial charge in [-0.2, -0.15) is 0 Å². The van der Waals surface area contributed by atoms with Crippen molar-refractivity contribution < 1.29 is 0 Å². The van der Waals surface area contributed by atoms with Crippen LogP contribution in [0.3, 0.4) is 0 Å². The van der Waals surface area contributed by atoms with Gasteiger partial charge in [0.05, 0.1) is 5.39 Å². The molecule has 0 spiro atoms. The number of rotatable bonds is 1. The van der Waals surface area contributed by atoms with Gasteiger partial charge in [0.2, 0.25) is 0 Å². The molecule has 96 valence electrons. The molecule has 0 saturated carbocycles. The molecule has 0 fully saturated rings. The molecule has 5 heteroatoms. The van der Waals surface area contributed by atoms with E-state index in [1.54, 1.807) is 27.0 Å². The zero-order chi connectivity index (χ0) is 12.8. The predicted octanol–water partition coefficient (Wildman–Crippen LogP) is 2.45. The maximum atomic E-state index is 12.7. The van der Waals surface area contributed by atoms with Crippen LogP contribution < -0.4 is 5.56 Å². The van der Waals surface area contributed by atoms with Crippen molar-refractivity contribution in [2.75, 3.05) is 0 Å². The van der Waals surface area contributed by atoms with Gasteiger partial charge in [-0.3, -0.25) is 9.47 Å². The minimum Gasteiger partial charge on any atom is -0.267 e. The van der Waals surface area contributed by atoms with Crippen LogP contribution in [0.2, 0.25) is 0 Å². The lowest BCUT2D eigenvalue weighted by atomic mass is 9.97. The van der Waals surface area contributed by atoms with E-state index in [1.807, 2.05) is 24.5 Å². The Morgan fingerprint density at radius 2 is 1.95 bits per heavy atom. The minimum absolute atomic E-state index is 0.0422. The van der Waals surface area contributed by atoms with Crippen molar-refractivity contribution in [2.45, 2.75) is 25.7 Å². The molecule has 4 rings (SSSR count). The molecule has 3 aromatic heterocycles. The molecule has 0 radical (unpaired) electrons. The highest BCUT2D eigenvalue weighted by Crippen LogP contribution is 2.33. The second-order valence-electron chi connectivity index (χ2n) is 4.85. The summed E-state index contributed by atoms with van der Waals surface area (Å²) < 4.78 is 3.34. The van der Waals surface area contributed by atoms with Crippen molar-refractivity contribution in [3.63, 3.8) is 0 Å². The molecule has 0 aromatic carbocycles. The highest BCUT2D eigenvalue weighted by atomic mass is 32.1. The number of thiophene rings is 1. The number of fused-ring (bicyclic) bond motifs is 3. The Bertz CT molecular complexity index is 798. The Hall–Kier alpha value is -1.88. The quantitative estimate of drug-likeness (QED) is 0.682. The van der Waals surface area contributed by atoms with E-state index in [-0.39, 0.29) is 5.56 Å². The van der Waals surface area contributed by atoms with Gasteiger partial charge in [-0.15, -0.1) is 11.3 Å². The van der Waals surface area contributed by atoms with E-state index in [9.17, 15) is 4.79 Å². The Morgan fingerprint density at radius 1 is 1.16 bits per heavy atom. The summed E-state index contributed by atoms with van der Waals surface area (Å²) in [7, 11) is 0. The fourth-order valence-electron chi connectivity index (χ4n) is 2.77. The maximum absolute atomic E-state index is 12.7. The summed E-state index contributed by atoms with van der Waals surface area (Å²) in [5, 5.41) is 0.830. The van der Waals surface area contributed by atoms with Gasteiger partial charge in [0.25, 0.3) is 5.56 Å². The summed E-state index contributed by atoms with van der Waals surface area (Å²) in [4.78, 5) is 19.4. The van der Waals surface area contributed by atoms with Crippen LogP contribution in [0.1, 0.15) is 23.3 Å². The van der Waals surface area contributed by atoms with Crippen molar-refractivity contribution in [3.8, 4) is 0 Å². The fourth-order valence-corrected chi connectivity index (χ4v) is 3.99. The van der Waals surface area contributed by atoms with Gasteiger partial charge in [-0.05, 0) is 43.4 Å². The van der Waals surface area contributed by atoms with E-state index in [2.05, 4.69) is 4.98 Å². The minimum atomic E-state index is 0.0422. The standard InChI is InChI=1S/C14H13N3OS/c18-14-12-10-5-1-2-6-11(10)19-13(12)15-9-17(14)16-7-3-4-8-16/h3-4,7-9H,1-2,5-6H2. The molecule has 1 aliphatic rings. The molecule has 19 heavy (non-hydrogen) atoms. The van der Waals surface area contributed by atoms with Gasteiger partial charge >= 0.3 is 0 Å². The third-order valence-electron chi connectivity index (χ3n) is 3.70. The van der Waals surface area contributed by atoms with Gasteiger partial charge in [0, 0.05) is 17.3 Å². The molecule has 4 nitrogen and oxygen atoms in total. The highest BCUT2D eigenvalue weighted by Gasteiger charge is 2.20. The summed E-state index contributed by atoms with van der Waals surface area (Å²) in [6.07, 6.45) is 9.84. The third kappa shape index (κ3) is 1.58. The lowest BCUT2D eigenvalue weighted by molar-refractivity contribution is 0.626. The predicted molar refractivity (Wildman–Crippen MR) is 75.8 cm³/mol. The van der Waals surface area contributed by atoms with Crippen LogP contribution in [-0.4, -0.2) is 14.3 Å². The third-order valence-corrected chi connectivity index (χ3v) is 4.90. The molecule has 0 N–H and O–H groups in total. The molecular formula is C14H13N3OS. The first-order valence-corrected chi connectivity index (χ1v) is 7.32. The monoisotopic (exact) mass is 271 g/mol. The Morgan fingerprint density at radius 3 is 2.79 bits per heavy atom. The first-order chi connectivity index (χ1) is 9.34. The molecule has 0 amide bonds. The van der Waals surface area contributed by atoms with Gasteiger partial charge in [-0.25, -0.2) is 9.66 Å². The summed E-state index contributed by atoms with van der Waals surface area (Å²) >= 11 is 1.69. The highest BCUT2D eigenvalue weighted by molar-refractivity contribution is 7.18. The number of aryl methyl sites for hydroxylation is 2. The molecule has 0 aliphatic heterocycles. The summed E-state index contributed by atoms with van der Waals surface area (Å²) in [5.41, 5.74) is 1.28. The topological polar surface area (TPSA) is 39.8 Å². The van der Waals surface area contributed by atoms with E-state index in [0.717, 1.165) is 23.1 Å². The molecular weight excluding hydrogens is 258 g/mol. The van der Waals surface area contributed by atoms with Crippen LogP contribution in [0.15, 0.2) is 35.6 Å². The number of aromatic nitrogens is 3. The molecule has 1 aliphatic carbocycles. The largest absolute Gasteiger partial charge is 0.281 e. The first-order valence-electron chi connectivity index (χ1n) is 6.50. The molecule has 0 saturated heterocycles. The van der Waals surface area contributed by atoms with E-state index < -0.39 is 0 Å². The molecule has 3 heterocycles. The first kappa shape index (κ1) is 11.0. The van der Waals surface area contributed by atoms with Gasteiger partial charge in [0.15, 0.2) is 0 Å². The van der Waals surface area contributed by atoms with Crippen molar-refractivity contribution in [3.05, 3.63) is 51.6 Å². The van der Waals surface area contributed by atoms with Crippen molar-refractivity contribution in [2.24, 2.45) is 0 Å². The normalized spacial score (nSPS) is 14.7. The fraction of sp³-hybridized carbons (Fsp3) is 0.286. The molecule has 0 atom stereocenters. The van der Waals surface area contributed by atoms with E-state index in [0.29, 0.717) is 0 Å². The van der Waals surface area contributed by atoms with Gasteiger partial charge in [0.1, 0.15) is 11.2 Å². The molecule has 3 aromatic rings. The Balaban J connectivity index is 2.05. The van der Waals surface area contributed by atoms with E-state index >= 15 is 0 Å². The summed E-state index contributed by atoms with van der Waals surface area (Å²) in [6.45, 7) is 0. The van der Waals surface area contributed by atoms with Crippen LogP contribution in [-0.2, 0) is 12.8 Å². The van der Waals surface area contributed by atoms with Gasteiger partial charge in [-0.1, -0.05) is 0 Å². The maximum Gasteiger partial charge on any atom is 0.281 e. The molecule has 0 bridgehead atoms. The smallest absolute Gasteiger partial charge is 0.267 e. The lowest BCUT2D eigenvalue weighted by Crippen LogP contribution is -2.25. The molecule has 0 unspecified atom stereocenters. The van der Waals surface area contributed by atoms with Crippen LogP contribution >= 0.6 is 11.3 Å². The van der Waals surface area contributed by atoms with Crippen LogP contribution in [0.4, 0.5) is 0 Å². The van der Waals surface area contributed by atoms with E-state index in [1.165, 1.54) is 23.3 Å². The number of nitrogens with zero attached hydrogens (tertiary/aromatic N) is 3. The lowest BCUT2D eigenvalue weighted by Gasteiger charge is -2.10. The number of hydrogen-bond acceptors (Lipinski definition) is 3. The van der Waals surface area contributed by atoms with Crippen molar-refractivity contribution >= 4 is 21.6 Å². The van der Waals surface area contributed by atoms with E-state index in [4.69, 9.17) is 0 Å². The second-order valence-corrected chi connectivity index (χ2v) is 5.93. The Labute approximate surface area is 113 Å². The zero-order valence-corrected chi connectivity index (χ0v) is 11.2. The van der Waals surface area contributed by atoms with Gasteiger partial charge < -0.3 is 0 Å². The second kappa shape index (κ2) is 4.06. The SMILES string of the molecule is O=c1c2c3c(sc2ncn1-n1cccc1)CCCC3. The average molecular weight is 271 g/mol. The van der Waals surface area contributed by atoms with Crippen molar-refractivity contribution in [1.82, 2.24) is 14.3 Å². The Kier molecular flexibility index (Phi) is 2.35.